The summed E-state index contributed by atoms with van der Waals surface area (Å²) in [6.07, 6.45) is 6.76. The number of hydrogen-bond donors (Lipinski definition) is 1. The number of allylic oxidation sites excluding steroid dienone is 2. The van der Waals surface area contributed by atoms with E-state index < -0.39 is 6.61 Å². The fourth-order valence-corrected chi connectivity index (χ4v) is 2.16. The van der Waals surface area contributed by atoms with Crippen LogP contribution in [-0.4, -0.2) is 12.5 Å². The molecule has 0 aromatic heterocycles. The van der Waals surface area contributed by atoms with Crippen molar-refractivity contribution in [2.45, 2.75) is 32.4 Å². The lowest BCUT2D eigenvalue weighted by Crippen LogP contribution is -2.24. The molecule has 1 atom stereocenters. The van der Waals surface area contributed by atoms with E-state index in [9.17, 15) is 13.6 Å². The summed E-state index contributed by atoms with van der Waals surface area (Å²) in [6, 6.07) is 6.25. The highest BCUT2D eigenvalue weighted by molar-refractivity contribution is 5.76. The lowest BCUT2D eigenvalue weighted by atomic mass is 10.1. The summed E-state index contributed by atoms with van der Waals surface area (Å²) in [4.78, 5) is 11.7. The van der Waals surface area contributed by atoms with E-state index in [1.807, 2.05) is 0 Å². The molecular formula is C15H17F2NO2. The Kier molecular flexibility index (Phi) is 5.09. The monoisotopic (exact) mass is 281 g/mol. The molecule has 1 aliphatic carbocycles. The number of amides is 1. The van der Waals surface area contributed by atoms with Gasteiger partial charge in [-0.1, -0.05) is 24.3 Å². The van der Waals surface area contributed by atoms with Gasteiger partial charge in [0.2, 0.25) is 5.91 Å². The van der Waals surface area contributed by atoms with E-state index >= 15 is 0 Å². The Morgan fingerprint density at radius 3 is 2.70 bits per heavy atom. The average molecular weight is 281 g/mol. The summed E-state index contributed by atoms with van der Waals surface area (Å²) >= 11 is 0. The van der Waals surface area contributed by atoms with Gasteiger partial charge in [-0.05, 0) is 36.5 Å². The molecule has 108 valence electrons. The van der Waals surface area contributed by atoms with Gasteiger partial charge in [-0.3, -0.25) is 4.79 Å². The molecule has 0 fully saturated rings. The van der Waals surface area contributed by atoms with E-state index in [2.05, 4.69) is 22.2 Å². The topological polar surface area (TPSA) is 38.3 Å². The number of rotatable bonds is 6. The van der Waals surface area contributed by atoms with Gasteiger partial charge in [-0.25, -0.2) is 0 Å². The summed E-state index contributed by atoms with van der Waals surface area (Å²) in [5.74, 6) is 0.470. The first kappa shape index (κ1) is 14.5. The number of carbonyl (C=O) groups is 1. The Labute approximate surface area is 116 Å². The molecule has 0 saturated heterocycles. The number of benzene rings is 1. The zero-order valence-electron chi connectivity index (χ0n) is 11.0. The van der Waals surface area contributed by atoms with E-state index in [0.717, 1.165) is 18.4 Å². The van der Waals surface area contributed by atoms with Gasteiger partial charge in [-0.15, -0.1) is 0 Å². The second-order valence-electron chi connectivity index (χ2n) is 4.77. The lowest BCUT2D eigenvalue weighted by molar-refractivity contribution is -0.121. The van der Waals surface area contributed by atoms with E-state index in [1.165, 1.54) is 12.1 Å². The third-order valence-corrected chi connectivity index (χ3v) is 3.20. The Hall–Kier alpha value is -1.91. The van der Waals surface area contributed by atoms with Crippen molar-refractivity contribution >= 4 is 5.91 Å². The number of nitrogens with one attached hydrogen (secondary N) is 1. The van der Waals surface area contributed by atoms with E-state index in [1.54, 1.807) is 12.1 Å². The van der Waals surface area contributed by atoms with Gasteiger partial charge in [0.25, 0.3) is 0 Å². The highest BCUT2D eigenvalue weighted by Crippen LogP contribution is 2.20. The summed E-state index contributed by atoms with van der Waals surface area (Å²) in [5.41, 5.74) is 0.849. The number of halogens is 2. The smallest absolute Gasteiger partial charge is 0.387 e. The van der Waals surface area contributed by atoms with E-state index in [-0.39, 0.29) is 11.7 Å². The average Bonchev–Trinajstić information content (AvgIpc) is 2.90. The number of carbonyl (C=O) groups excluding carboxylic acids is 1. The molecule has 0 spiro atoms. The molecule has 1 aliphatic rings. The van der Waals surface area contributed by atoms with E-state index in [4.69, 9.17) is 0 Å². The van der Waals surface area contributed by atoms with Crippen molar-refractivity contribution in [1.82, 2.24) is 5.32 Å². The van der Waals surface area contributed by atoms with Crippen LogP contribution in [0.1, 0.15) is 24.8 Å². The van der Waals surface area contributed by atoms with E-state index in [0.29, 0.717) is 18.9 Å². The van der Waals surface area contributed by atoms with Crippen molar-refractivity contribution in [3.8, 4) is 5.75 Å². The molecule has 0 aliphatic heterocycles. The van der Waals surface area contributed by atoms with Gasteiger partial charge in [0.1, 0.15) is 5.75 Å². The molecule has 2 rings (SSSR count). The van der Waals surface area contributed by atoms with Gasteiger partial charge in [0, 0.05) is 13.0 Å². The van der Waals surface area contributed by atoms with Crippen LogP contribution in [-0.2, 0) is 11.3 Å². The molecular weight excluding hydrogens is 264 g/mol. The van der Waals surface area contributed by atoms with Gasteiger partial charge in [-0.2, -0.15) is 8.78 Å². The maximum Gasteiger partial charge on any atom is 0.387 e. The normalized spacial score (nSPS) is 17.4. The summed E-state index contributed by atoms with van der Waals surface area (Å²) in [5, 5.41) is 2.82. The first-order valence-corrected chi connectivity index (χ1v) is 6.60. The van der Waals surface area contributed by atoms with Crippen LogP contribution >= 0.6 is 0 Å². The summed E-state index contributed by atoms with van der Waals surface area (Å²) < 4.78 is 28.2. The maximum absolute atomic E-state index is 12.0. The molecule has 0 radical (unpaired) electrons. The largest absolute Gasteiger partial charge is 0.435 e. The van der Waals surface area contributed by atoms with Crippen molar-refractivity contribution in [2.75, 3.05) is 0 Å². The number of ether oxygens (including phenoxy) is 1. The molecule has 0 bridgehead atoms. The third kappa shape index (κ3) is 4.64. The van der Waals surface area contributed by atoms with Crippen LogP contribution in [0.4, 0.5) is 8.78 Å². The van der Waals surface area contributed by atoms with Crippen LogP contribution in [0.3, 0.4) is 0 Å². The minimum Gasteiger partial charge on any atom is -0.435 e. The van der Waals surface area contributed by atoms with Crippen LogP contribution in [0.2, 0.25) is 0 Å². The first-order valence-electron chi connectivity index (χ1n) is 6.60. The highest BCUT2D eigenvalue weighted by atomic mass is 19.3. The van der Waals surface area contributed by atoms with Gasteiger partial charge in [0.15, 0.2) is 0 Å². The standard InChI is InChI=1S/C15H17F2NO2/c16-15(17)20-13-7-5-12(6-8-13)10-18-14(19)9-11-3-1-2-4-11/h1,3,5-8,11,15H,2,4,9-10H2,(H,18,19). The van der Waals surface area contributed by atoms with Gasteiger partial charge in [0.05, 0.1) is 0 Å². The lowest BCUT2D eigenvalue weighted by Gasteiger charge is -2.09. The molecule has 1 N–H and O–H groups in total. The maximum atomic E-state index is 12.0. The number of hydrogen-bond acceptors (Lipinski definition) is 2. The van der Waals surface area contributed by atoms with Crippen LogP contribution in [0.5, 0.6) is 5.75 Å². The minimum atomic E-state index is -2.82. The molecule has 5 heteroatoms. The van der Waals surface area contributed by atoms with Gasteiger partial charge >= 0.3 is 6.61 Å². The summed E-state index contributed by atoms with van der Waals surface area (Å²) in [6.45, 7) is -2.43. The van der Waals surface area contributed by atoms with Crippen molar-refractivity contribution < 1.29 is 18.3 Å². The highest BCUT2D eigenvalue weighted by Gasteiger charge is 2.13. The van der Waals surface area contributed by atoms with Gasteiger partial charge < -0.3 is 10.1 Å². The van der Waals surface area contributed by atoms with Crippen molar-refractivity contribution in [3.63, 3.8) is 0 Å². The third-order valence-electron chi connectivity index (χ3n) is 3.20. The zero-order chi connectivity index (χ0) is 14.4. The second-order valence-corrected chi connectivity index (χ2v) is 4.77. The number of alkyl halides is 2. The predicted molar refractivity (Wildman–Crippen MR) is 71.4 cm³/mol. The van der Waals surface area contributed by atoms with Crippen LogP contribution in [0.25, 0.3) is 0 Å². The van der Waals surface area contributed by atoms with Crippen LogP contribution in [0, 0.1) is 5.92 Å². The molecule has 1 aromatic rings. The predicted octanol–water partition coefficient (Wildman–Crippen LogP) is 3.26. The second kappa shape index (κ2) is 7.03. The fourth-order valence-electron chi connectivity index (χ4n) is 2.16. The van der Waals surface area contributed by atoms with Crippen LogP contribution < -0.4 is 10.1 Å². The Morgan fingerprint density at radius 1 is 1.35 bits per heavy atom. The van der Waals surface area contributed by atoms with Crippen molar-refractivity contribution in [3.05, 3.63) is 42.0 Å². The summed E-state index contributed by atoms with van der Waals surface area (Å²) in [7, 11) is 0. The SMILES string of the molecule is O=C(CC1C=CCC1)NCc1ccc(OC(F)F)cc1. The first-order chi connectivity index (χ1) is 9.63. The fraction of sp³-hybridized carbons (Fsp3) is 0.400. The Morgan fingerprint density at radius 2 is 2.10 bits per heavy atom. The van der Waals surface area contributed by atoms with Crippen molar-refractivity contribution in [2.24, 2.45) is 5.92 Å². The molecule has 3 nitrogen and oxygen atoms in total. The molecule has 1 aromatic carbocycles. The quantitative estimate of drug-likeness (QED) is 0.813. The zero-order valence-corrected chi connectivity index (χ0v) is 11.0. The molecule has 20 heavy (non-hydrogen) atoms. The minimum absolute atomic E-state index is 0.00876. The molecule has 0 saturated carbocycles. The Balaban J connectivity index is 1.75. The Bertz CT molecular complexity index is 471. The molecule has 0 heterocycles. The molecule has 1 unspecified atom stereocenters. The van der Waals surface area contributed by atoms with Crippen molar-refractivity contribution in [1.29, 1.82) is 0 Å². The van der Waals surface area contributed by atoms with Crippen LogP contribution in [0.15, 0.2) is 36.4 Å². The molecule has 1 amide bonds.